The van der Waals surface area contributed by atoms with E-state index in [1.54, 1.807) is 7.11 Å². The van der Waals surface area contributed by atoms with Gasteiger partial charge in [-0.1, -0.05) is 18.2 Å². The number of para-hydroxylation sites is 1. The van der Waals surface area contributed by atoms with Gasteiger partial charge >= 0.3 is 0 Å². The van der Waals surface area contributed by atoms with Crippen molar-refractivity contribution >= 4 is 5.91 Å². The van der Waals surface area contributed by atoms with Crippen LogP contribution in [0.15, 0.2) is 24.3 Å². The van der Waals surface area contributed by atoms with Gasteiger partial charge in [0.15, 0.2) is 17.9 Å². The van der Waals surface area contributed by atoms with Gasteiger partial charge in [-0.3, -0.25) is 4.79 Å². The summed E-state index contributed by atoms with van der Waals surface area (Å²) in [6.45, 7) is 9.60. The number of ether oxygens (including phenoxy) is 6. The van der Waals surface area contributed by atoms with Gasteiger partial charge in [0.25, 0.3) is 0 Å². The molecule has 0 aromatic heterocycles. The molecule has 0 radical (unpaired) electrons. The normalized spacial score (nSPS) is 35.1. The summed E-state index contributed by atoms with van der Waals surface area (Å²) in [6.07, 6.45) is -1.81. The number of hydrogen-bond acceptors (Lipinski definition) is 7. The van der Waals surface area contributed by atoms with Gasteiger partial charge in [0, 0.05) is 5.56 Å². The van der Waals surface area contributed by atoms with Gasteiger partial charge in [0.1, 0.15) is 24.1 Å². The van der Waals surface area contributed by atoms with E-state index in [1.165, 1.54) is 0 Å². The molecule has 3 heterocycles. The van der Waals surface area contributed by atoms with E-state index >= 15 is 0 Å². The highest BCUT2D eigenvalue weighted by molar-refractivity contribution is 5.84. The van der Waals surface area contributed by atoms with Crippen LogP contribution in [0.25, 0.3) is 0 Å². The Morgan fingerprint density at radius 1 is 1.10 bits per heavy atom. The average Bonchev–Trinajstić information content (AvgIpc) is 3.30. The number of nitrogens with one attached hydrogen (secondary N) is 1. The molecule has 3 fully saturated rings. The quantitative estimate of drug-likeness (QED) is 0.781. The first kappa shape index (κ1) is 21.5. The molecule has 8 nitrogen and oxygen atoms in total. The van der Waals surface area contributed by atoms with E-state index in [0.717, 1.165) is 5.56 Å². The number of fused-ring (bicyclic) bond motifs is 1. The van der Waals surface area contributed by atoms with E-state index < -0.39 is 42.0 Å². The number of hydrogen-bond donors (Lipinski definition) is 1. The van der Waals surface area contributed by atoms with Gasteiger partial charge in [0.05, 0.1) is 25.7 Å². The van der Waals surface area contributed by atoms with Gasteiger partial charge < -0.3 is 33.7 Å². The Bertz CT molecular complexity index is 795. The molecule has 3 aliphatic rings. The summed E-state index contributed by atoms with van der Waals surface area (Å²) in [7, 11) is 1.60. The fourth-order valence-corrected chi connectivity index (χ4v) is 4.35. The third-order valence-electron chi connectivity index (χ3n) is 5.79. The first-order chi connectivity index (χ1) is 14.1. The van der Waals surface area contributed by atoms with Crippen molar-refractivity contribution in [1.82, 2.24) is 5.32 Å². The summed E-state index contributed by atoms with van der Waals surface area (Å²) in [6, 6.07) is 7.07. The van der Waals surface area contributed by atoms with E-state index in [2.05, 4.69) is 5.32 Å². The molecular formula is C22H31NO7. The number of carbonyl (C=O) groups excluding carboxylic acids is 1. The zero-order valence-electron chi connectivity index (χ0n) is 18.3. The van der Waals surface area contributed by atoms with E-state index in [1.807, 2.05) is 58.9 Å². The van der Waals surface area contributed by atoms with Crippen molar-refractivity contribution in [2.45, 2.75) is 82.8 Å². The van der Waals surface area contributed by atoms with Crippen LogP contribution in [0.3, 0.4) is 0 Å². The standard InChI is InChI=1S/C22H31NO7/c1-12(13-9-7-8-10-14(13)25-6)19(24)23-16-17(15-11-26-21(2,3)28-15)27-20-18(16)29-22(4,5)30-20/h7-10,12,15-18,20H,11H2,1-6H3,(H,23,24)/t12?,15-,16+,17-,18-,20-/m1/s1. The second-order valence-electron chi connectivity index (χ2n) is 8.93. The van der Waals surface area contributed by atoms with Crippen molar-refractivity contribution < 1.29 is 33.2 Å². The van der Waals surface area contributed by atoms with E-state index in [4.69, 9.17) is 28.4 Å². The maximum absolute atomic E-state index is 13.2. The van der Waals surface area contributed by atoms with Crippen LogP contribution in [0, 0.1) is 0 Å². The number of carbonyl (C=O) groups is 1. The number of benzene rings is 1. The molecule has 1 unspecified atom stereocenters. The third kappa shape index (κ3) is 4.07. The Morgan fingerprint density at radius 2 is 1.83 bits per heavy atom. The van der Waals surface area contributed by atoms with Crippen LogP contribution in [0.1, 0.15) is 46.1 Å². The lowest BCUT2D eigenvalue weighted by Crippen LogP contribution is -2.53. The predicted octanol–water partition coefficient (Wildman–Crippen LogP) is 2.31. The molecule has 0 bridgehead atoms. The third-order valence-corrected chi connectivity index (χ3v) is 5.79. The molecule has 0 aliphatic carbocycles. The lowest BCUT2D eigenvalue weighted by Gasteiger charge is -2.30. The molecule has 30 heavy (non-hydrogen) atoms. The van der Waals surface area contributed by atoms with Gasteiger partial charge in [-0.05, 0) is 40.7 Å². The largest absolute Gasteiger partial charge is 0.496 e. The Balaban J connectivity index is 1.54. The lowest BCUT2D eigenvalue weighted by atomic mass is 9.97. The molecular weight excluding hydrogens is 390 g/mol. The molecule has 3 saturated heterocycles. The number of methoxy groups -OCH3 is 1. The zero-order chi connectivity index (χ0) is 21.7. The highest BCUT2D eigenvalue weighted by Gasteiger charge is 2.58. The molecule has 1 N–H and O–H groups in total. The molecule has 1 aromatic rings. The van der Waals surface area contributed by atoms with Crippen molar-refractivity contribution in [3.8, 4) is 5.75 Å². The van der Waals surface area contributed by atoms with Crippen LogP contribution in [0.5, 0.6) is 5.75 Å². The minimum atomic E-state index is -0.788. The molecule has 6 atom stereocenters. The van der Waals surface area contributed by atoms with Crippen LogP contribution in [0.4, 0.5) is 0 Å². The van der Waals surface area contributed by atoms with Gasteiger partial charge in [-0.25, -0.2) is 0 Å². The van der Waals surface area contributed by atoms with Crippen molar-refractivity contribution in [2.24, 2.45) is 0 Å². The van der Waals surface area contributed by atoms with Crippen LogP contribution in [0.2, 0.25) is 0 Å². The summed E-state index contributed by atoms with van der Waals surface area (Å²) < 4.78 is 35.3. The summed E-state index contributed by atoms with van der Waals surface area (Å²) in [5, 5.41) is 3.13. The monoisotopic (exact) mass is 421 g/mol. The first-order valence-corrected chi connectivity index (χ1v) is 10.4. The fourth-order valence-electron chi connectivity index (χ4n) is 4.35. The summed E-state index contributed by atoms with van der Waals surface area (Å²) in [5.74, 6) is -1.39. The van der Waals surface area contributed by atoms with Gasteiger partial charge in [-0.2, -0.15) is 0 Å². The Labute approximate surface area is 177 Å². The average molecular weight is 421 g/mol. The van der Waals surface area contributed by atoms with E-state index in [-0.39, 0.29) is 12.0 Å². The van der Waals surface area contributed by atoms with Gasteiger partial charge in [0.2, 0.25) is 5.91 Å². The van der Waals surface area contributed by atoms with Crippen molar-refractivity contribution in [3.63, 3.8) is 0 Å². The molecule has 166 valence electrons. The summed E-state index contributed by atoms with van der Waals surface area (Å²) in [4.78, 5) is 13.2. The van der Waals surface area contributed by atoms with E-state index in [0.29, 0.717) is 12.4 Å². The second-order valence-corrected chi connectivity index (χ2v) is 8.93. The molecule has 0 spiro atoms. The smallest absolute Gasteiger partial charge is 0.227 e. The molecule has 1 amide bonds. The minimum absolute atomic E-state index is 0.148. The fraction of sp³-hybridized carbons (Fsp3) is 0.682. The molecule has 8 heteroatoms. The Kier molecular flexibility index (Phi) is 5.57. The molecule has 0 saturated carbocycles. The Hall–Kier alpha value is -1.71. The highest BCUT2D eigenvalue weighted by atomic mass is 16.8. The molecule has 3 aliphatic heterocycles. The zero-order valence-corrected chi connectivity index (χ0v) is 18.3. The first-order valence-electron chi connectivity index (χ1n) is 10.4. The second kappa shape index (κ2) is 7.76. The highest BCUT2D eigenvalue weighted by Crippen LogP contribution is 2.41. The van der Waals surface area contributed by atoms with Crippen molar-refractivity contribution in [1.29, 1.82) is 0 Å². The Morgan fingerprint density at radius 3 is 2.50 bits per heavy atom. The summed E-state index contributed by atoms with van der Waals surface area (Å²) in [5.41, 5.74) is 0.815. The minimum Gasteiger partial charge on any atom is -0.496 e. The van der Waals surface area contributed by atoms with Crippen LogP contribution < -0.4 is 10.1 Å². The molecule has 1 aromatic carbocycles. The van der Waals surface area contributed by atoms with Crippen molar-refractivity contribution in [2.75, 3.05) is 13.7 Å². The maximum atomic E-state index is 13.2. The van der Waals surface area contributed by atoms with Crippen LogP contribution in [-0.2, 0) is 28.5 Å². The van der Waals surface area contributed by atoms with E-state index in [9.17, 15) is 4.79 Å². The number of amides is 1. The lowest BCUT2D eigenvalue weighted by molar-refractivity contribution is -0.223. The predicted molar refractivity (Wildman–Crippen MR) is 107 cm³/mol. The SMILES string of the molecule is COc1ccccc1C(C)C(=O)N[C@@H]1[C@H]2OC(C)(C)O[C@H]2O[C@@H]1[C@H]1COC(C)(C)O1. The maximum Gasteiger partial charge on any atom is 0.227 e. The topological polar surface area (TPSA) is 84.5 Å². The van der Waals surface area contributed by atoms with Gasteiger partial charge in [-0.15, -0.1) is 0 Å². The number of rotatable bonds is 5. The van der Waals surface area contributed by atoms with Crippen LogP contribution in [-0.4, -0.2) is 61.8 Å². The summed E-state index contributed by atoms with van der Waals surface area (Å²) >= 11 is 0. The van der Waals surface area contributed by atoms with Crippen molar-refractivity contribution in [3.05, 3.63) is 29.8 Å². The van der Waals surface area contributed by atoms with Crippen LogP contribution >= 0.6 is 0 Å². The molecule has 4 rings (SSSR count).